The van der Waals surface area contributed by atoms with Gasteiger partial charge in [-0.25, -0.2) is 4.79 Å². The summed E-state index contributed by atoms with van der Waals surface area (Å²) < 4.78 is 5.23. The van der Waals surface area contributed by atoms with E-state index in [1.165, 1.54) is 5.06 Å². The van der Waals surface area contributed by atoms with Gasteiger partial charge in [-0.05, 0) is 17.7 Å². The lowest BCUT2D eigenvalue weighted by Gasteiger charge is -2.17. The highest BCUT2D eigenvalue weighted by Gasteiger charge is 2.19. The summed E-state index contributed by atoms with van der Waals surface area (Å²) in [5, 5.41) is 1.53. The number of hydroxylamine groups is 2. The summed E-state index contributed by atoms with van der Waals surface area (Å²) in [6.07, 6.45) is 1.75. The predicted molar refractivity (Wildman–Crippen MR) is 67.7 cm³/mol. The van der Waals surface area contributed by atoms with E-state index in [4.69, 9.17) is 9.57 Å². The molecule has 2 rings (SSSR count). The summed E-state index contributed by atoms with van der Waals surface area (Å²) in [7, 11) is 1.74. The minimum absolute atomic E-state index is 0.342. The molecule has 0 saturated carbocycles. The minimum Gasteiger partial charge on any atom is -0.501 e. The van der Waals surface area contributed by atoms with E-state index in [2.05, 4.69) is 6.92 Å². The predicted octanol–water partition coefficient (Wildman–Crippen LogP) is 2.24. The van der Waals surface area contributed by atoms with Crippen LogP contribution in [0.2, 0.25) is 0 Å². The SMILES string of the molecule is CC1COC=C1CN(C)OC(=O)c1ccccc1. The van der Waals surface area contributed by atoms with Crippen LogP contribution >= 0.6 is 0 Å². The van der Waals surface area contributed by atoms with Gasteiger partial charge in [-0.2, -0.15) is 0 Å². The molecule has 96 valence electrons. The number of carbonyl (C=O) groups is 1. The molecule has 0 saturated heterocycles. The summed E-state index contributed by atoms with van der Waals surface area (Å²) in [4.78, 5) is 17.0. The first-order valence-corrected chi connectivity index (χ1v) is 5.96. The van der Waals surface area contributed by atoms with Crippen LogP contribution in [0.3, 0.4) is 0 Å². The molecule has 0 radical (unpaired) electrons. The highest BCUT2D eigenvalue weighted by atomic mass is 16.7. The zero-order valence-electron chi connectivity index (χ0n) is 10.6. The van der Waals surface area contributed by atoms with Gasteiger partial charge in [0.2, 0.25) is 0 Å². The standard InChI is InChI=1S/C14H17NO3/c1-11-9-17-10-13(11)8-15(2)18-14(16)12-6-4-3-5-7-12/h3-7,10-11H,8-9H2,1-2H3. The quantitative estimate of drug-likeness (QED) is 0.765. The Hall–Kier alpha value is -1.81. The first-order valence-electron chi connectivity index (χ1n) is 5.96. The van der Waals surface area contributed by atoms with Crippen molar-refractivity contribution in [3.05, 3.63) is 47.7 Å². The molecule has 0 aromatic heterocycles. The topological polar surface area (TPSA) is 38.8 Å². The average molecular weight is 247 g/mol. The van der Waals surface area contributed by atoms with Crippen LogP contribution in [0.25, 0.3) is 0 Å². The maximum absolute atomic E-state index is 11.8. The fourth-order valence-corrected chi connectivity index (χ4v) is 1.77. The summed E-state index contributed by atoms with van der Waals surface area (Å²) in [6.45, 7) is 3.36. The molecule has 1 aromatic rings. The Balaban J connectivity index is 1.88. The van der Waals surface area contributed by atoms with E-state index in [1.807, 2.05) is 18.2 Å². The largest absolute Gasteiger partial charge is 0.501 e. The normalized spacial score (nSPS) is 18.4. The monoisotopic (exact) mass is 247 g/mol. The third kappa shape index (κ3) is 3.11. The third-order valence-corrected chi connectivity index (χ3v) is 2.87. The molecule has 1 atom stereocenters. The Kier molecular flexibility index (Phi) is 3.99. The molecule has 1 unspecified atom stereocenters. The number of carbonyl (C=O) groups excluding carboxylic acids is 1. The average Bonchev–Trinajstić information content (AvgIpc) is 2.76. The van der Waals surface area contributed by atoms with Gasteiger partial charge in [0.05, 0.1) is 25.0 Å². The maximum Gasteiger partial charge on any atom is 0.357 e. The van der Waals surface area contributed by atoms with Crippen LogP contribution in [0.1, 0.15) is 17.3 Å². The highest BCUT2D eigenvalue weighted by molar-refractivity contribution is 5.89. The highest BCUT2D eigenvalue weighted by Crippen LogP contribution is 2.19. The van der Waals surface area contributed by atoms with E-state index in [0.717, 1.165) is 5.57 Å². The van der Waals surface area contributed by atoms with Crippen LogP contribution in [0.4, 0.5) is 0 Å². The maximum atomic E-state index is 11.8. The van der Waals surface area contributed by atoms with Crippen LogP contribution in [-0.2, 0) is 9.57 Å². The Morgan fingerprint density at radius 1 is 1.44 bits per heavy atom. The van der Waals surface area contributed by atoms with Crippen molar-refractivity contribution in [2.75, 3.05) is 20.2 Å². The molecule has 0 amide bonds. The van der Waals surface area contributed by atoms with Crippen molar-refractivity contribution in [3.8, 4) is 0 Å². The van der Waals surface area contributed by atoms with Crippen molar-refractivity contribution in [1.29, 1.82) is 0 Å². The molecule has 0 fully saturated rings. The van der Waals surface area contributed by atoms with Gasteiger partial charge in [0.25, 0.3) is 0 Å². The van der Waals surface area contributed by atoms with Crippen molar-refractivity contribution < 1.29 is 14.4 Å². The van der Waals surface area contributed by atoms with Crippen LogP contribution in [-0.4, -0.2) is 31.2 Å². The van der Waals surface area contributed by atoms with E-state index in [1.54, 1.807) is 25.4 Å². The van der Waals surface area contributed by atoms with Crippen molar-refractivity contribution in [2.45, 2.75) is 6.92 Å². The van der Waals surface area contributed by atoms with Crippen LogP contribution in [0, 0.1) is 5.92 Å². The van der Waals surface area contributed by atoms with Gasteiger partial charge in [0.1, 0.15) is 0 Å². The Labute approximate surface area is 107 Å². The number of ether oxygens (including phenoxy) is 1. The molecular formula is C14H17NO3. The molecule has 1 heterocycles. The number of hydrogen-bond donors (Lipinski definition) is 0. The van der Waals surface area contributed by atoms with Gasteiger partial charge in [-0.1, -0.05) is 25.1 Å². The Bertz CT molecular complexity index is 442. The van der Waals surface area contributed by atoms with E-state index in [0.29, 0.717) is 24.6 Å². The Morgan fingerprint density at radius 3 is 2.78 bits per heavy atom. The third-order valence-electron chi connectivity index (χ3n) is 2.87. The van der Waals surface area contributed by atoms with E-state index in [9.17, 15) is 4.79 Å². The van der Waals surface area contributed by atoms with Gasteiger partial charge >= 0.3 is 5.97 Å². The second-order valence-corrected chi connectivity index (χ2v) is 4.46. The molecule has 0 bridgehead atoms. The van der Waals surface area contributed by atoms with Gasteiger partial charge in [-0.15, -0.1) is 5.06 Å². The van der Waals surface area contributed by atoms with Crippen molar-refractivity contribution in [1.82, 2.24) is 5.06 Å². The summed E-state index contributed by atoms with van der Waals surface area (Å²) in [5.41, 5.74) is 1.69. The molecule has 4 nitrogen and oxygen atoms in total. The number of likely N-dealkylation sites (N-methyl/N-ethyl adjacent to an activating group) is 1. The van der Waals surface area contributed by atoms with Gasteiger partial charge in [0, 0.05) is 13.0 Å². The van der Waals surface area contributed by atoms with Crippen LogP contribution in [0.5, 0.6) is 0 Å². The summed E-state index contributed by atoms with van der Waals surface area (Å²) in [6, 6.07) is 8.95. The van der Waals surface area contributed by atoms with Crippen LogP contribution in [0.15, 0.2) is 42.2 Å². The fourth-order valence-electron chi connectivity index (χ4n) is 1.77. The molecule has 4 heteroatoms. The number of hydrogen-bond acceptors (Lipinski definition) is 4. The zero-order valence-corrected chi connectivity index (χ0v) is 10.6. The molecule has 1 aromatic carbocycles. The first-order chi connectivity index (χ1) is 8.66. The molecular weight excluding hydrogens is 230 g/mol. The van der Waals surface area contributed by atoms with E-state index < -0.39 is 0 Å². The second-order valence-electron chi connectivity index (χ2n) is 4.46. The Morgan fingerprint density at radius 2 is 2.17 bits per heavy atom. The molecule has 1 aliphatic heterocycles. The molecule has 0 N–H and O–H groups in total. The fraction of sp³-hybridized carbons (Fsp3) is 0.357. The van der Waals surface area contributed by atoms with Crippen molar-refractivity contribution in [2.24, 2.45) is 5.92 Å². The molecule has 18 heavy (non-hydrogen) atoms. The lowest BCUT2D eigenvalue weighted by molar-refractivity contribution is -0.0847. The molecule has 0 spiro atoms. The summed E-state index contributed by atoms with van der Waals surface area (Å²) >= 11 is 0. The smallest absolute Gasteiger partial charge is 0.357 e. The number of rotatable bonds is 4. The molecule has 0 aliphatic carbocycles. The second kappa shape index (κ2) is 5.69. The lowest BCUT2D eigenvalue weighted by Crippen LogP contribution is -2.26. The van der Waals surface area contributed by atoms with Crippen LogP contribution < -0.4 is 0 Å². The van der Waals surface area contributed by atoms with Gasteiger partial charge < -0.3 is 9.57 Å². The summed E-state index contributed by atoms with van der Waals surface area (Å²) in [5.74, 6) is 0.0353. The van der Waals surface area contributed by atoms with Crippen molar-refractivity contribution >= 4 is 5.97 Å². The number of benzene rings is 1. The van der Waals surface area contributed by atoms with E-state index in [-0.39, 0.29) is 5.97 Å². The zero-order chi connectivity index (χ0) is 13.0. The molecule has 1 aliphatic rings. The minimum atomic E-state index is -0.342. The van der Waals surface area contributed by atoms with Gasteiger partial charge in [-0.3, -0.25) is 0 Å². The van der Waals surface area contributed by atoms with Crippen molar-refractivity contribution in [3.63, 3.8) is 0 Å². The van der Waals surface area contributed by atoms with E-state index >= 15 is 0 Å². The number of nitrogens with zero attached hydrogens (tertiary/aromatic N) is 1. The first kappa shape index (κ1) is 12.6. The van der Waals surface area contributed by atoms with Gasteiger partial charge in [0.15, 0.2) is 0 Å². The lowest BCUT2D eigenvalue weighted by atomic mass is 10.1.